The molecule has 0 bridgehead atoms. The fourth-order valence-electron chi connectivity index (χ4n) is 4.21. The van der Waals surface area contributed by atoms with Crippen LogP contribution in [0.2, 0.25) is 0 Å². The number of H-pyrrole nitrogens is 1. The fourth-order valence-corrected chi connectivity index (χ4v) is 4.21. The maximum absolute atomic E-state index is 13.9. The molecule has 3 aromatic rings. The molecule has 8 heteroatoms. The lowest BCUT2D eigenvalue weighted by molar-refractivity contribution is 0.0681. The van der Waals surface area contributed by atoms with Gasteiger partial charge in [-0.1, -0.05) is 12.8 Å². The third-order valence-electron chi connectivity index (χ3n) is 6.05. The van der Waals surface area contributed by atoms with Crippen LogP contribution >= 0.6 is 0 Å². The van der Waals surface area contributed by atoms with Gasteiger partial charge in [-0.15, -0.1) is 0 Å². The van der Waals surface area contributed by atoms with Crippen LogP contribution in [0.3, 0.4) is 0 Å². The molecule has 0 aliphatic carbocycles. The zero-order chi connectivity index (χ0) is 22.5. The van der Waals surface area contributed by atoms with Crippen LogP contribution in [0.5, 0.6) is 0 Å². The second-order valence-corrected chi connectivity index (χ2v) is 8.26. The van der Waals surface area contributed by atoms with E-state index in [1.807, 2.05) is 6.07 Å². The third kappa shape index (κ3) is 5.12. The highest BCUT2D eigenvalue weighted by Gasteiger charge is 2.25. The average molecular weight is 440 g/mol. The summed E-state index contributed by atoms with van der Waals surface area (Å²) < 4.78 is 26.9. The van der Waals surface area contributed by atoms with Crippen molar-refractivity contribution in [2.24, 2.45) is 5.92 Å². The number of hydrogen-bond donors (Lipinski definition) is 2. The highest BCUT2D eigenvalue weighted by atomic mass is 19.1. The minimum atomic E-state index is -0.816. The topological polar surface area (TPSA) is 78.1 Å². The molecule has 1 fully saturated rings. The average Bonchev–Trinajstić information content (AvgIpc) is 3.23. The highest BCUT2D eigenvalue weighted by molar-refractivity contribution is 5.97. The van der Waals surface area contributed by atoms with Crippen molar-refractivity contribution in [3.8, 4) is 0 Å². The summed E-state index contributed by atoms with van der Waals surface area (Å²) in [6.07, 6.45) is 8.03. The van der Waals surface area contributed by atoms with E-state index in [1.54, 1.807) is 23.4 Å². The van der Waals surface area contributed by atoms with E-state index >= 15 is 0 Å². The number of fused-ring (bicyclic) bond motifs is 1. The molecule has 6 nitrogen and oxygen atoms in total. The summed E-state index contributed by atoms with van der Waals surface area (Å²) in [5.74, 6) is -1.50. The van der Waals surface area contributed by atoms with E-state index in [0.717, 1.165) is 55.1 Å². The van der Waals surface area contributed by atoms with Gasteiger partial charge in [-0.3, -0.25) is 14.6 Å². The zero-order valence-corrected chi connectivity index (χ0v) is 17.7. The van der Waals surface area contributed by atoms with Gasteiger partial charge in [-0.25, -0.2) is 8.78 Å². The number of carbonyl (C=O) groups is 2. The van der Waals surface area contributed by atoms with Gasteiger partial charge in [0, 0.05) is 49.0 Å². The van der Waals surface area contributed by atoms with Crippen LogP contribution in [0, 0.1) is 17.6 Å². The third-order valence-corrected chi connectivity index (χ3v) is 6.05. The van der Waals surface area contributed by atoms with E-state index in [4.69, 9.17) is 0 Å². The molecule has 3 heterocycles. The number of piperidine rings is 1. The summed E-state index contributed by atoms with van der Waals surface area (Å²) in [4.78, 5) is 33.6. The lowest BCUT2D eigenvalue weighted by Crippen LogP contribution is -2.38. The maximum Gasteiger partial charge on any atom is 0.267 e. The van der Waals surface area contributed by atoms with Crippen molar-refractivity contribution in [2.75, 3.05) is 19.6 Å². The number of pyridine rings is 1. The largest absolute Gasteiger partial charge is 0.351 e. The first-order chi connectivity index (χ1) is 15.5. The molecule has 2 N–H and O–H groups in total. The van der Waals surface area contributed by atoms with Crippen LogP contribution in [0.25, 0.3) is 10.9 Å². The lowest BCUT2D eigenvalue weighted by Gasteiger charge is -2.32. The Bertz CT molecular complexity index is 1070. The van der Waals surface area contributed by atoms with Gasteiger partial charge >= 0.3 is 0 Å². The van der Waals surface area contributed by atoms with Crippen molar-refractivity contribution in [2.45, 2.75) is 32.1 Å². The van der Waals surface area contributed by atoms with E-state index in [0.29, 0.717) is 31.2 Å². The number of benzene rings is 1. The Morgan fingerprint density at radius 1 is 1.12 bits per heavy atom. The highest BCUT2D eigenvalue weighted by Crippen LogP contribution is 2.24. The number of aromatic amines is 1. The minimum Gasteiger partial charge on any atom is -0.351 e. The van der Waals surface area contributed by atoms with E-state index in [-0.39, 0.29) is 17.4 Å². The van der Waals surface area contributed by atoms with Gasteiger partial charge in [0.15, 0.2) is 0 Å². The van der Waals surface area contributed by atoms with Crippen molar-refractivity contribution >= 4 is 22.7 Å². The van der Waals surface area contributed by atoms with E-state index in [1.165, 1.54) is 6.07 Å². The summed E-state index contributed by atoms with van der Waals surface area (Å²) in [6, 6.07) is 6.69. The summed E-state index contributed by atoms with van der Waals surface area (Å²) in [7, 11) is 0. The van der Waals surface area contributed by atoms with Gasteiger partial charge in [0.25, 0.3) is 11.8 Å². The number of aromatic nitrogens is 2. The number of nitrogens with zero attached hydrogens (tertiary/aromatic N) is 2. The Morgan fingerprint density at radius 2 is 1.94 bits per heavy atom. The number of amides is 2. The molecule has 2 amide bonds. The summed E-state index contributed by atoms with van der Waals surface area (Å²) in [6.45, 7) is 1.76. The van der Waals surface area contributed by atoms with Crippen molar-refractivity contribution in [1.29, 1.82) is 0 Å². The normalized spacial score (nSPS) is 14.6. The monoisotopic (exact) mass is 440 g/mol. The Labute approximate surface area is 185 Å². The molecule has 0 unspecified atom stereocenters. The van der Waals surface area contributed by atoms with Crippen molar-refractivity contribution in [3.63, 3.8) is 0 Å². The summed E-state index contributed by atoms with van der Waals surface area (Å²) >= 11 is 0. The summed E-state index contributed by atoms with van der Waals surface area (Å²) in [5, 5.41) is 3.85. The van der Waals surface area contributed by atoms with Crippen LogP contribution in [-0.2, 0) is 0 Å². The molecule has 4 rings (SSSR count). The molecule has 0 spiro atoms. The molecular formula is C24H26F2N4O2. The quantitative estimate of drug-likeness (QED) is 0.538. The fraction of sp³-hybridized carbons (Fsp3) is 0.375. The van der Waals surface area contributed by atoms with Gasteiger partial charge in [0.2, 0.25) is 0 Å². The van der Waals surface area contributed by atoms with Crippen molar-refractivity contribution < 1.29 is 18.4 Å². The van der Waals surface area contributed by atoms with Gasteiger partial charge in [-0.2, -0.15) is 0 Å². The first kappa shape index (κ1) is 21.9. The number of rotatable bonds is 7. The molecule has 32 heavy (non-hydrogen) atoms. The van der Waals surface area contributed by atoms with Gasteiger partial charge < -0.3 is 15.2 Å². The predicted octanol–water partition coefficient (Wildman–Crippen LogP) is 4.29. The molecule has 1 aliphatic heterocycles. The van der Waals surface area contributed by atoms with Crippen LogP contribution in [0.4, 0.5) is 8.78 Å². The number of likely N-dealkylation sites (tertiary alicyclic amines) is 1. The molecule has 0 radical (unpaired) electrons. The maximum atomic E-state index is 13.9. The Kier molecular flexibility index (Phi) is 6.78. The minimum absolute atomic E-state index is 0.0770. The van der Waals surface area contributed by atoms with Gasteiger partial charge in [0.1, 0.15) is 17.3 Å². The molecule has 1 aliphatic rings. The van der Waals surface area contributed by atoms with E-state index < -0.39 is 11.6 Å². The SMILES string of the molecule is O=C(NCCCCC1CCN(C(=O)c2ccc(F)cc2F)CC1)c1cc2cnccc2[nH]1. The number of unbranched alkanes of at least 4 members (excludes halogenated alkanes) is 1. The first-order valence-electron chi connectivity index (χ1n) is 11.0. The van der Waals surface area contributed by atoms with Crippen LogP contribution in [-0.4, -0.2) is 46.3 Å². The summed E-state index contributed by atoms with van der Waals surface area (Å²) in [5.41, 5.74) is 1.34. The zero-order valence-electron chi connectivity index (χ0n) is 17.7. The number of hydrogen-bond acceptors (Lipinski definition) is 3. The number of halogens is 2. The van der Waals surface area contributed by atoms with Crippen LogP contribution < -0.4 is 5.32 Å². The molecule has 2 aromatic heterocycles. The van der Waals surface area contributed by atoms with Crippen LogP contribution in [0.1, 0.15) is 53.0 Å². The molecule has 1 saturated heterocycles. The molecule has 0 saturated carbocycles. The second-order valence-electron chi connectivity index (χ2n) is 8.26. The standard InChI is InChI=1S/C24H26F2N4O2/c25-18-4-5-19(20(26)14-18)24(32)30-11-7-16(8-12-30)3-1-2-9-28-23(31)22-13-17-15-27-10-6-21(17)29-22/h4-6,10,13-16,29H,1-3,7-9,11-12H2,(H,28,31). The van der Waals surface area contributed by atoms with Crippen molar-refractivity contribution in [3.05, 3.63) is 65.6 Å². The first-order valence-corrected chi connectivity index (χ1v) is 11.0. The molecule has 168 valence electrons. The van der Waals surface area contributed by atoms with E-state index in [9.17, 15) is 18.4 Å². The number of carbonyl (C=O) groups excluding carboxylic acids is 2. The van der Waals surface area contributed by atoms with Crippen molar-refractivity contribution in [1.82, 2.24) is 20.2 Å². The Hall–Kier alpha value is -3.29. The molecule has 1 aromatic carbocycles. The lowest BCUT2D eigenvalue weighted by atomic mass is 9.91. The molecule has 0 atom stereocenters. The molecular weight excluding hydrogens is 414 g/mol. The predicted molar refractivity (Wildman–Crippen MR) is 117 cm³/mol. The second kappa shape index (κ2) is 9.89. The smallest absolute Gasteiger partial charge is 0.267 e. The van der Waals surface area contributed by atoms with E-state index in [2.05, 4.69) is 15.3 Å². The van der Waals surface area contributed by atoms with Gasteiger partial charge in [-0.05, 0) is 49.4 Å². The van der Waals surface area contributed by atoms with Gasteiger partial charge in [0.05, 0.1) is 5.56 Å². The Balaban J connectivity index is 1.15. The van der Waals surface area contributed by atoms with Crippen LogP contribution in [0.15, 0.2) is 42.7 Å². The number of nitrogens with one attached hydrogen (secondary N) is 2. The Morgan fingerprint density at radius 3 is 2.69 bits per heavy atom.